The first kappa shape index (κ1) is 16.8. The number of nitrogens with zero attached hydrogens (tertiary/aromatic N) is 2. The first-order valence-corrected chi connectivity index (χ1v) is 9.07. The highest BCUT2D eigenvalue weighted by atomic mass is 32.2. The van der Waals surface area contributed by atoms with Gasteiger partial charge in [-0.1, -0.05) is 49.5 Å². The van der Waals surface area contributed by atoms with Crippen molar-refractivity contribution in [3.8, 4) is 0 Å². The van der Waals surface area contributed by atoms with Crippen molar-refractivity contribution in [1.82, 2.24) is 0 Å². The molecule has 0 bridgehead atoms. The van der Waals surface area contributed by atoms with Gasteiger partial charge in [0.25, 0.3) is 11.4 Å². The average molecular weight is 362 g/mol. The van der Waals surface area contributed by atoms with Crippen LogP contribution in [0.5, 0.6) is 0 Å². The number of hydrogen-bond acceptors (Lipinski definition) is 6. The van der Waals surface area contributed by atoms with Gasteiger partial charge in [0.1, 0.15) is 9.79 Å². The minimum Gasteiger partial charge on any atom is -0.258 e. The second-order valence-electron chi connectivity index (χ2n) is 5.23. The van der Waals surface area contributed by atoms with Crippen LogP contribution in [-0.2, 0) is 12.8 Å². The number of nitro groups is 2. The number of benzene rings is 2. The molecule has 0 spiro atoms. The Kier molecular flexibility index (Phi) is 4.51. The minimum atomic E-state index is -0.389. The summed E-state index contributed by atoms with van der Waals surface area (Å²) in [5, 5.41) is 22.8. The summed E-state index contributed by atoms with van der Waals surface area (Å²) < 4.78 is 0. The molecule has 1 aliphatic heterocycles. The van der Waals surface area contributed by atoms with Crippen LogP contribution in [0.1, 0.15) is 25.0 Å². The van der Waals surface area contributed by atoms with Gasteiger partial charge in [0.2, 0.25) is 0 Å². The lowest BCUT2D eigenvalue weighted by atomic mass is 10.1. The van der Waals surface area contributed by atoms with Crippen LogP contribution in [0.15, 0.2) is 43.8 Å². The molecule has 1 heterocycles. The molecule has 124 valence electrons. The second-order valence-corrected chi connectivity index (χ2v) is 7.27. The zero-order chi connectivity index (χ0) is 17.4. The predicted molar refractivity (Wildman–Crippen MR) is 93.2 cm³/mol. The molecule has 2 aromatic rings. The molecule has 8 heteroatoms. The topological polar surface area (TPSA) is 86.3 Å². The number of rotatable bonds is 4. The van der Waals surface area contributed by atoms with Gasteiger partial charge < -0.3 is 0 Å². The predicted octanol–water partition coefficient (Wildman–Crippen LogP) is 5.24. The molecule has 0 unspecified atom stereocenters. The smallest absolute Gasteiger partial charge is 0.258 e. The summed E-state index contributed by atoms with van der Waals surface area (Å²) in [7, 11) is 0. The van der Waals surface area contributed by atoms with Crippen molar-refractivity contribution in [2.45, 2.75) is 46.3 Å². The number of nitro benzene ring substituents is 2. The molecule has 6 nitrogen and oxygen atoms in total. The van der Waals surface area contributed by atoms with E-state index in [9.17, 15) is 20.2 Å². The van der Waals surface area contributed by atoms with Crippen LogP contribution in [0, 0.1) is 20.2 Å². The Bertz CT molecular complexity index is 796. The van der Waals surface area contributed by atoms with E-state index < -0.39 is 0 Å². The molecule has 0 fully saturated rings. The summed E-state index contributed by atoms with van der Waals surface area (Å²) in [6, 6.07) is 6.54. The molecule has 0 radical (unpaired) electrons. The Morgan fingerprint density at radius 3 is 1.42 bits per heavy atom. The van der Waals surface area contributed by atoms with E-state index in [1.807, 2.05) is 13.8 Å². The van der Waals surface area contributed by atoms with Crippen LogP contribution in [0.3, 0.4) is 0 Å². The summed E-state index contributed by atoms with van der Waals surface area (Å²) in [4.78, 5) is 24.7. The zero-order valence-electron chi connectivity index (χ0n) is 13.1. The van der Waals surface area contributed by atoms with E-state index in [2.05, 4.69) is 0 Å². The van der Waals surface area contributed by atoms with Crippen molar-refractivity contribution < 1.29 is 9.85 Å². The molecule has 0 atom stereocenters. The van der Waals surface area contributed by atoms with Crippen LogP contribution in [0.2, 0.25) is 0 Å². The molecular weight excluding hydrogens is 348 g/mol. The molecule has 0 saturated carbocycles. The Hall–Kier alpha value is -2.06. The lowest BCUT2D eigenvalue weighted by Crippen LogP contribution is -2.03. The van der Waals surface area contributed by atoms with Crippen LogP contribution in [0.4, 0.5) is 11.4 Å². The quantitative estimate of drug-likeness (QED) is 0.466. The third-order valence-corrected chi connectivity index (χ3v) is 6.74. The van der Waals surface area contributed by atoms with E-state index in [1.165, 1.54) is 35.7 Å². The van der Waals surface area contributed by atoms with E-state index in [0.29, 0.717) is 22.6 Å². The molecule has 1 aliphatic rings. The summed E-state index contributed by atoms with van der Waals surface area (Å²) in [5.74, 6) is 0. The van der Waals surface area contributed by atoms with Crippen LogP contribution < -0.4 is 0 Å². The van der Waals surface area contributed by atoms with Crippen LogP contribution in [-0.4, -0.2) is 9.85 Å². The zero-order valence-corrected chi connectivity index (χ0v) is 14.7. The maximum absolute atomic E-state index is 11.4. The van der Waals surface area contributed by atoms with E-state index in [4.69, 9.17) is 0 Å². The third-order valence-electron chi connectivity index (χ3n) is 3.91. The van der Waals surface area contributed by atoms with Gasteiger partial charge in [-0.05, 0) is 24.0 Å². The number of hydrogen-bond donors (Lipinski definition) is 0. The van der Waals surface area contributed by atoms with E-state index in [0.717, 1.165) is 20.9 Å². The summed E-state index contributed by atoms with van der Waals surface area (Å²) >= 11 is 2.57. The number of fused-ring (bicyclic) bond motifs is 2. The fraction of sp³-hybridized carbons (Fsp3) is 0.250. The van der Waals surface area contributed by atoms with Crippen molar-refractivity contribution in [1.29, 1.82) is 0 Å². The van der Waals surface area contributed by atoms with Crippen molar-refractivity contribution in [2.75, 3.05) is 0 Å². The molecule has 0 saturated heterocycles. The standard InChI is InChI=1S/C16H14N2O4S2/c1-3-9-5-7-11(17(19)20)15-13(9)23-16-12(18(21)22)8-6-10(4-2)14(16)24-15/h5-8H,3-4H2,1-2H3. The SMILES string of the molecule is CCc1ccc([N+](=O)[O-])c2c1Sc1c([N+](=O)[O-])ccc(CC)c1S2. The van der Waals surface area contributed by atoms with Gasteiger partial charge >= 0.3 is 0 Å². The maximum atomic E-state index is 11.4. The third kappa shape index (κ3) is 2.65. The van der Waals surface area contributed by atoms with Crippen molar-refractivity contribution in [3.05, 3.63) is 55.6 Å². The Labute approximate surface area is 146 Å². The lowest BCUT2D eigenvalue weighted by molar-refractivity contribution is -0.388. The lowest BCUT2D eigenvalue weighted by Gasteiger charge is -2.22. The normalized spacial score (nSPS) is 12.4. The molecule has 0 amide bonds. The Morgan fingerprint density at radius 2 is 1.12 bits per heavy atom. The van der Waals surface area contributed by atoms with Gasteiger partial charge in [-0.15, -0.1) is 0 Å². The highest BCUT2D eigenvalue weighted by molar-refractivity contribution is 8.05. The van der Waals surface area contributed by atoms with Gasteiger partial charge in [-0.25, -0.2) is 0 Å². The maximum Gasteiger partial charge on any atom is 0.284 e. The Balaban J connectivity index is 2.27. The molecule has 0 aliphatic carbocycles. The highest BCUT2D eigenvalue weighted by Crippen LogP contribution is 2.56. The Morgan fingerprint density at radius 1 is 0.750 bits per heavy atom. The first-order chi connectivity index (χ1) is 11.5. The van der Waals surface area contributed by atoms with Crippen LogP contribution >= 0.6 is 23.5 Å². The second kappa shape index (κ2) is 6.45. The van der Waals surface area contributed by atoms with Crippen molar-refractivity contribution in [3.63, 3.8) is 0 Å². The van der Waals surface area contributed by atoms with E-state index >= 15 is 0 Å². The van der Waals surface area contributed by atoms with Gasteiger partial charge in [-0.3, -0.25) is 20.2 Å². The fourth-order valence-electron chi connectivity index (χ4n) is 2.66. The van der Waals surface area contributed by atoms with Gasteiger partial charge in [0, 0.05) is 21.9 Å². The highest BCUT2D eigenvalue weighted by Gasteiger charge is 2.32. The molecule has 0 aromatic heterocycles. The monoisotopic (exact) mass is 362 g/mol. The van der Waals surface area contributed by atoms with Crippen molar-refractivity contribution >= 4 is 34.9 Å². The molecule has 2 aromatic carbocycles. The largest absolute Gasteiger partial charge is 0.284 e. The molecular formula is C16H14N2O4S2. The summed E-state index contributed by atoms with van der Waals surface area (Å²) in [5.41, 5.74) is 2.04. The van der Waals surface area contributed by atoms with E-state index in [1.54, 1.807) is 12.1 Å². The van der Waals surface area contributed by atoms with E-state index in [-0.39, 0.29) is 21.2 Å². The van der Waals surface area contributed by atoms with Crippen molar-refractivity contribution in [2.24, 2.45) is 0 Å². The summed E-state index contributed by atoms with van der Waals surface area (Å²) in [6.45, 7) is 3.94. The first-order valence-electron chi connectivity index (χ1n) is 7.44. The number of aryl methyl sites for hydroxylation is 2. The minimum absolute atomic E-state index is 0.0545. The van der Waals surface area contributed by atoms with Gasteiger partial charge in [-0.2, -0.15) is 0 Å². The fourth-order valence-corrected chi connectivity index (χ4v) is 5.59. The molecule has 3 rings (SSSR count). The summed E-state index contributed by atoms with van der Waals surface area (Å²) in [6.07, 6.45) is 1.43. The van der Waals surface area contributed by atoms with Crippen LogP contribution in [0.25, 0.3) is 0 Å². The average Bonchev–Trinajstić information content (AvgIpc) is 2.57. The molecule has 24 heavy (non-hydrogen) atoms. The van der Waals surface area contributed by atoms with Gasteiger partial charge in [0.05, 0.1) is 9.85 Å². The molecule has 0 N–H and O–H groups in total. The van der Waals surface area contributed by atoms with Gasteiger partial charge in [0.15, 0.2) is 0 Å².